The Bertz CT molecular complexity index is 799. The molecule has 1 unspecified atom stereocenters. The highest BCUT2D eigenvalue weighted by Gasteiger charge is 2.35. The summed E-state index contributed by atoms with van der Waals surface area (Å²) >= 11 is 1.54. The molecule has 2 aromatic rings. The molecule has 0 aliphatic carbocycles. The fraction of sp³-hybridized carbons (Fsp3) is 0.571. The number of aliphatic hydroxyl groups is 1. The van der Waals surface area contributed by atoms with Crippen LogP contribution < -0.4 is 4.74 Å². The molecule has 0 saturated carbocycles. The van der Waals surface area contributed by atoms with Crippen molar-refractivity contribution in [2.45, 2.75) is 51.6 Å². The predicted molar refractivity (Wildman–Crippen MR) is 107 cm³/mol. The van der Waals surface area contributed by atoms with Crippen molar-refractivity contribution >= 4 is 11.3 Å². The summed E-state index contributed by atoms with van der Waals surface area (Å²) in [6.45, 7) is 7.44. The second kappa shape index (κ2) is 9.29. The topological polar surface area (TPSA) is 45.6 Å². The monoisotopic (exact) mass is 410 g/mol. The van der Waals surface area contributed by atoms with Crippen molar-refractivity contribution in [3.05, 3.63) is 45.4 Å². The highest BCUT2D eigenvalue weighted by molar-refractivity contribution is 7.11. The third kappa shape index (κ3) is 5.07. The number of aromatic nitrogens is 1. The predicted octanol–water partition coefficient (Wildman–Crippen LogP) is 4.43. The molecule has 0 amide bonds. The molecule has 1 fully saturated rings. The molecule has 1 atom stereocenters. The van der Waals surface area contributed by atoms with Crippen LogP contribution in [-0.4, -0.2) is 41.2 Å². The molecule has 154 valence electrons. The Morgan fingerprint density at radius 2 is 2.07 bits per heavy atom. The highest BCUT2D eigenvalue weighted by Crippen LogP contribution is 2.36. The van der Waals surface area contributed by atoms with E-state index in [1.54, 1.807) is 0 Å². The maximum Gasteiger partial charge on any atom is 0.162 e. The molecule has 1 aliphatic heterocycles. The van der Waals surface area contributed by atoms with Gasteiger partial charge in [-0.3, -0.25) is 0 Å². The van der Waals surface area contributed by atoms with Crippen molar-refractivity contribution in [2.24, 2.45) is 0 Å². The number of hydrogen-bond donors (Lipinski definition) is 1. The van der Waals surface area contributed by atoms with E-state index in [0.717, 1.165) is 66.6 Å². The van der Waals surface area contributed by atoms with Crippen molar-refractivity contribution in [1.29, 1.82) is 0 Å². The first-order chi connectivity index (χ1) is 13.4. The molecule has 1 aliphatic rings. The number of rotatable bonds is 7. The van der Waals surface area contributed by atoms with E-state index in [0.29, 0.717) is 25.2 Å². The lowest BCUT2D eigenvalue weighted by molar-refractivity contribution is 0.0209. The van der Waals surface area contributed by atoms with E-state index in [-0.39, 0.29) is 0 Å². The Hall–Kier alpha value is -1.57. The van der Waals surface area contributed by atoms with Crippen LogP contribution in [0, 0.1) is 18.6 Å². The zero-order valence-electron chi connectivity index (χ0n) is 16.5. The van der Waals surface area contributed by atoms with Gasteiger partial charge in [0.25, 0.3) is 0 Å². The minimum Gasteiger partial charge on any atom is -0.493 e. The van der Waals surface area contributed by atoms with Gasteiger partial charge in [-0.15, -0.1) is 11.3 Å². The summed E-state index contributed by atoms with van der Waals surface area (Å²) in [5.74, 6) is -1.49. The van der Waals surface area contributed by atoms with E-state index in [2.05, 4.69) is 16.8 Å². The molecule has 1 N–H and O–H groups in total. The maximum atomic E-state index is 13.3. The average Bonchev–Trinajstić information content (AvgIpc) is 2.93. The number of aryl methyl sites for hydroxylation is 1. The van der Waals surface area contributed by atoms with Crippen LogP contribution >= 0.6 is 11.3 Å². The molecule has 28 heavy (non-hydrogen) atoms. The first-order valence-corrected chi connectivity index (χ1v) is 10.7. The second-order valence-electron chi connectivity index (χ2n) is 7.43. The van der Waals surface area contributed by atoms with Gasteiger partial charge in [0.15, 0.2) is 11.6 Å². The number of nitrogens with zero attached hydrogens (tertiary/aromatic N) is 2. The minimum absolute atomic E-state index is 0.305. The van der Waals surface area contributed by atoms with Gasteiger partial charge in [-0.25, -0.2) is 13.8 Å². The number of thiazole rings is 1. The third-order valence-corrected chi connectivity index (χ3v) is 6.64. The number of likely N-dealkylation sites (tertiary alicyclic amines) is 1. The first-order valence-electron chi connectivity index (χ1n) is 9.90. The Morgan fingerprint density at radius 3 is 2.82 bits per heavy atom. The van der Waals surface area contributed by atoms with Crippen LogP contribution in [0.2, 0.25) is 0 Å². The summed E-state index contributed by atoms with van der Waals surface area (Å²) in [5.41, 5.74) is 0.0360. The van der Waals surface area contributed by atoms with E-state index in [1.807, 2.05) is 6.92 Å². The molecular weight excluding hydrogens is 382 g/mol. The van der Waals surface area contributed by atoms with Crippen molar-refractivity contribution in [3.63, 3.8) is 0 Å². The van der Waals surface area contributed by atoms with Crippen LogP contribution in [-0.2, 0) is 12.0 Å². The Labute approximate surface area is 169 Å². The van der Waals surface area contributed by atoms with Gasteiger partial charge in [0.2, 0.25) is 0 Å². The van der Waals surface area contributed by atoms with Crippen LogP contribution in [0.15, 0.2) is 18.2 Å². The normalized spacial score (nSPS) is 20.9. The van der Waals surface area contributed by atoms with Gasteiger partial charge < -0.3 is 14.7 Å². The Balaban J connectivity index is 1.61. The molecule has 1 aromatic carbocycles. The van der Waals surface area contributed by atoms with Crippen molar-refractivity contribution in [3.8, 4) is 5.75 Å². The first kappa shape index (κ1) is 21.1. The van der Waals surface area contributed by atoms with Gasteiger partial charge >= 0.3 is 0 Å². The lowest BCUT2D eigenvalue weighted by atomic mass is 9.96. The van der Waals surface area contributed by atoms with Crippen LogP contribution in [0.25, 0.3) is 0 Å². The lowest BCUT2D eigenvalue weighted by Gasteiger charge is -2.24. The van der Waals surface area contributed by atoms with Crippen LogP contribution in [0.5, 0.6) is 5.75 Å². The zero-order chi connectivity index (χ0) is 20.1. The standard InChI is InChI=1S/C21H28F2N2O2S/c1-3-10-25-11-4-8-21(26,9-12-25)20-24-15(2)19(28-20)7-13-27-16-5-6-17(22)18(23)14-16/h5-6,14,26H,3-4,7-13H2,1-2H3. The van der Waals surface area contributed by atoms with Gasteiger partial charge in [-0.05, 0) is 57.8 Å². The Morgan fingerprint density at radius 1 is 1.25 bits per heavy atom. The maximum absolute atomic E-state index is 13.3. The number of hydrogen-bond acceptors (Lipinski definition) is 5. The minimum atomic E-state index is -0.915. The molecule has 7 heteroatoms. The van der Waals surface area contributed by atoms with Gasteiger partial charge in [0, 0.05) is 23.9 Å². The number of benzene rings is 1. The highest BCUT2D eigenvalue weighted by atomic mass is 32.1. The smallest absolute Gasteiger partial charge is 0.162 e. The molecule has 3 rings (SSSR count). The van der Waals surface area contributed by atoms with Crippen LogP contribution in [0.3, 0.4) is 0 Å². The van der Waals surface area contributed by atoms with Crippen molar-refractivity contribution < 1.29 is 18.6 Å². The average molecular weight is 411 g/mol. The lowest BCUT2D eigenvalue weighted by Crippen LogP contribution is -2.29. The van der Waals surface area contributed by atoms with Crippen molar-refractivity contribution in [1.82, 2.24) is 9.88 Å². The molecule has 0 radical (unpaired) electrons. The third-order valence-electron chi connectivity index (χ3n) is 5.23. The molecule has 1 aromatic heterocycles. The second-order valence-corrected chi connectivity index (χ2v) is 8.51. The summed E-state index contributed by atoms with van der Waals surface area (Å²) in [4.78, 5) is 8.12. The summed E-state index contributed by atoms with van der Waals surface area (Å²) in [6.07, 6.45) is 4.12. The summed E-state index contributed by atoms with van der Waals surface area (Å²) in [7, 11) is 0. The van der Waals surface area contributed by atoms with E-state index in [9.17, 15) is 13.9 Å². The fourth-order valence-electron chi connectivity index (χ4n) is 3.62. The summed E-state index contributed by atoms with van der Waals surface area (Å²) in [5, 5.41) is 12.0. The van der Waals surface area contributed by atoms with E-state index in [4.69, 9.17) is 4.74 Å². The SMILES string of the molecule is CCCN1CCCC(O)(c2nc(C)c(CCOc3ccc(F)c(F)c3)s2)CC1. The fourth-order valence-corrected chi connectivity index (χ4v) is 4.80. The quantitative estimate of drug-likeness (QED) is 0.733. The molecule has 1 saturated heterocycles. The van der Waals surface area contributed by atoms with Crippen LogP contribution in [0.1, 0.15) is 48.2 Å². The van der Waals surface area contributed by atoms with Gasteiger partial charge in [0.1, 0.15) is 16.4 Å². The van der Waals surface area contributed by atoms with Gasteiger partial charge in [-0.1, -0.05) is 6.92 Å². The van der Waals surface area contributed by atoms with Gasteiger partial charge in [-0.2, -0.15) is 0 Å². The molecule has 0 spiro atoms. The number of ether oxygens (including phenoxy) is 1. The van der Waals surface area contributed by atoms with Crippen LogP contribution in [0.4, 0.5) is 8.78 Å². The number of halogens is 2. The summed E-state index contributed by atoms with van der Waals surface area (Å²) in [6, 6.07) is 3.53. The summed E-state index contributed by atoms with van der Waals surface area (Å²) < 4.78 is 31.8. The van der Waals surface area contributed by atoms with E-state index in [1.165, 1.54) is 17.4 Å². The largest absolute Gasteiger partial charge is 0.493 e. The Kier molecular flexibility index (Phi) is 7.01. The molecule has 2 heterocycles. The van der Waals surface area contributed by atoms with Gasteiger partial charge in [0.05, 0.1) is 12.3 Å². The molecule has 4 nitrogen and oxygen atoms in total. The molecule has 0 bridgehead atoms. The molecular formula is C21H28F2N2O2S. The van der Waals surface area contributed by atoms with E-state index < -0.39 is 17.2 Å². The van der Waals surface area contributed by atoms with Crippen molar-refractivity contribution in [2.75, 3.05) is 26.2 Å². The zero-order valence-corrected chi connectivity index (χ0v) is 17.3. The van der Waals surface area contributed by atoms with E-state index >= 15 is 0 Å².